The van der Waals surface area contributed by atoms with Gasteiger partial charge in [-0.25, -0.2) is 0 Å². The van der Waals surface area contributed by atoms with Crippen LogP contribution in [0, 0.1) is 11.8 Å². The van der Waals surface area contributed by atoms with Crippen molar-refractivity contribution in [3.05, 3.63) is 35.4 Å². The number of hydrogen-bond acceptors (Lipinski definition) is 4. The Kier molecular flexibility index (Phi) is 5.34. The van der Waals surface area contributed by atoms with Crippen molar-refractivity contribution in [3.8, 4) is 11.8 Å². The Balaban J connectivity index is 2.21. The molecule has 1 fully saturated rings. The molecular formula is C16H19NO4. The molecule has 1 amide bonds. The predicted octanol–water partition coefficient (Wildman–Crippen LogP) is 0.516. The molecule has 2 unspecified atom stereocenters. The molecule has 21 heavy (non-hydrogen) atoms. The first-order valence-electron chi connectivity index (χ1n) is 6.75. The maximum absolute atomic E-state index is 12.6. The number of benzene rings is 1. The third-order valence-electron chi connectivity index (χ3n) is 3.57. The number of methoxy groups -OCH3 is 2. The monoisotopic (exact) mass is 289 g/mol. The fourth-order valence-corrected chi connectivity index (χ4v) is 2.45. The molecule has 0 spiro atoms. The lowest BCUT2D eigenvalue weighted by Crippen LogP contribution is -2.30. The Morgan fingerprint density at radius 2 is 1.90 bits per heavy atom. The highest BCUT2D eigenvalue weighted by molar-refractivity contribution is 5.97. The van der Waals surface area contributed by atoms with Crippen molar-refractivity contribution in [2.45, 2.75) is 12.2 Å². The largest absolute Gasteiger partial charge is 0.384 e. The second-order valence-electron chi connectivity index (χ2n) is 4.76. The number of nitrogens with zero attached hydrogens (tertiary/aromatic N) is 1. The summed E-state index contributed by atoms with van der Waals surface area (Å²) in [4.78, 5) is 14.3. The number of amides is 1. The summed E-state index contributed by atoms with van der Waals surface area (Å²) >= 11 is 0. The molecule has 5 heteroatoms. The van der Waals surface area contributed by atoms with E-state index in [1.807, 2.05) is 6.07 Å². The van der Waals surface area contributed by atoms with Crippen LogP contribution in [0.5, 0.6) is 0 Å². The van der Waals surface area contributed by atoms with Crippen molar-refractivity contribution >= 4 is 5.91 Å². The lowest BCUT2D eigenvalue weighted by molar-refractivity contribution is -0.00461. The van der Waals surface area contributed by atoms with Gasteiger partial charge in [-0.15, -0.1) is 0 Å². The molecule has 1 aliphatic heterocycles. The Morgan fingerprint density at radius 3 is 2.48 bits per heavy atom. The van der Waals surface area contributed by atoms with Crippen LogP contribution in [0.15, 0.2) is 24.3 Å². The summed E-state index contributed by atoms with van der Waals surface area (Å²) in [6.07, 6.45) is -0.232. The van der Waals surface area contributed by atoms with Gasteiger partial charge in [-0.2, -0.15) is 0 Å². The van der Waals surface area contributed by atoms with Crippen LogP contribution >= 0.6 is 0 Å². The van der Waals surface area contributed by atoms with Gasteiger partial charge >= 0.3 is 0 Å². The van der Waals surface area contributed by atoms with Crippen LogP contribution in [0.1, 0.15) is 15.9 Å². The summed E-state index contributed by atoms with van der Waals surface area (Å²) in [5.41, 5.74) is 1.15. The summed E-state index contributed by atoms with van der Waals surface area (Å²) < 4.78 is 10.7. The van der Waals surface area contributed by atoms with Crippen molar-refractivity contribution in [1.29, 1.82) is 0 Å². The van der Waals surface area contributed by atoms with Gasteiger partial charge in [0.05, 0.1) is 5.56 Å². The van der Waals surface area contributed by atoms with Gasteiger partial charge in [-0.3, -0.25) is 4.79 Å². The van der Waals surface area contributed by atoms with E-state index in [1.165, 1.54) is 0 Å². The molecule has 0 aliphatic carbocycles. The standard InChI is InChI=1S/C16H19NO4/c1-20-14-10-17(11-15(14)21-2)16(19)13-8-4-3-6-12(13)7-5-9-18/h3-4,6,8,14-15,18H,9-11H2,1-2H3. The van der Waals surface area contributed by atoms with Crippen LogP contribution in [0.25, 0.3) is 0 Å². The highest BCUT2D eigenvalue weighted by Gasteiger charge is 2.36. The van der Waals surface area contributed by atoms with Crippen LogP contribution in [-0.4, -0.2) is 62.0 Å². The fraction of sp³-hybridized carbons (Fsp3) is 0.438. The molecule has 2 rings (SSSR count). The fourth-order valence-electron chi connectivity index (χ4n) is 2.45. The molecule has 0 saturated carbocycles. The zero-order valence-corrected chi connectivity index (χ0v) is 12.2. The third kappa shape index (κ3) is 3.42. The van der Waals surface area contributed by atoms with Gasteiger partial charge < -0.3 is 19.5 Å². The van der Waals surface area contributed by atoms with E-state index in [1.54, 1.807) is 37.3 Å². The number of ether oxygens (including phenoxy) is 2. The summed E-state index contributed by atoms with van der Waals surface area (Å²) in [5.74, 6) is 5.29. The molecular weight excluding hydrogens is 270 g/mol. The van der Waals surface area contributed by atoms with Gasteiger partial charge in [0.1, 0.15) is 18.8 Å². The minimum absolute atomic E-state index is 0.0977. The Bertz CT molecular complexity index is 549. The number of aliphatic hydroxyl groups is 1. The van der Waals surface area contributed by atoms with Gasteiger partial charge in [0.15, 0.2) is 0 Å². The van der Waals surface area contributed by atoms with Crippen LogP contribution in [0.2, 0.25) is 0 Å². The van der Waals surface area contributed by atoms with Crippen molar-refractivity contribution < 1.29 is 19.4 Å². The molecule has 1 saturated heterocycles. The van der Waals surface area contributed by atoms with Gasteiger partial charge in [0.25, 0.3) is 5.91 Å². The van der Waals surface area contributed by atoms with Crippen LogP contribution < -0.4 is 0 Å². The minimum atomic E-state index is -0.232. The van der Waals surface area contributed by atoms with Crippen LogP contribution in [0.3, 0.4) is 0 Å². The number of rotatable bonds is 3. The molecule has 0 radical (unpaired) electrons. The average Bonchev–Trinajstić information content (AvgIpc) is 2.95. The Morgan fingerprint density at radius 1 is 1.29 bits per heavy atom. The zero-order chi connectivity index (χ0) is 15.2. The van der Waals surface area contributed by atoms with Crippen LogP contribution in [-0.2, 0) is 9.47 Å². The Labute approximate surface area is 124 Å². The normalized spacial score (nSPS) is 21.0. The van der Waals surface area contributed by atoms with Gasteiger partial charge in [0, 0.05) is 32.9 Å². The molecule has 1 heterocycles. The lowest BCUT2D eigenvalue weighted by atomic mass is 10.1. The maximum atomic E-state index is 12.6. The van der Waals surface area contributed by atoms with Gasteiger partial charge in [-0.05, 0) is 12.1 Å². The lowest BCUT2D eigenvalue weighted by Gasteiger charge is -2.16. The molecule has 5 nitrogen and oxygen atoms in total. The van der Waals surface area contributed by atoms with E-state index in [9.17, 15) is 4.79 Å². The first-order valence-corrected chi connectivity index (χ1v) is 6.75. The number of aliphatic hydroxyl groups excluding tert-OH is 1. The quantitative estimate of drug-likeness (QED) is 0.824. The molecule has 0 bridgehead atoms. The molecule has 112 valence electrons. The summed E-state index contributed by atoms with van der Waals surface area (Å²) in [7, 11) is 3.23. The molecule has 1 aromatic carbocycles. The summed E-state index contributed by atoms with van der Waals surface area (Å²) in [5, 5.41) is 8.80. The minimum Gasteiger partial charge on any atom is -0.384 e. The van der Waals surface area contributed by atoms with Crippen molar-refractivity contribution in [2.75, 3.05) is 33.9 Å². The van der Waals surface area contributed by atoms with Crippen molar-refractivity contribution in [2.24, 2.45) is 0 Å². The Hall–Kier alpha value is -1.87. The van der Waals surface area contributed by atoms with E-state index in [0.717, 1.165) is 0 Å². The molecule has 1 aliphatic rings. The summed E-state index contributed by atoms with van der Waals surface area (Å²) in [6.45, 7) is 0.759. The van der Waals surface area contributed by atoms with E-state index < -0.39 is 0 Å². The highest BCUT2D eigenvalue weighted by atomic mass is 16.5. The van der Waals surface area contributed by atoms with Crippen LogP contribution in [0.4, 0.5) is 0 Å². The average molecular weight is 289 g/mol. The predicted molar refractivity (Wildman–Crippen MR) is 77.9 cm³/mol. The van der Waals surface area contributed by atoms with Crippen molar-refractivity contribution in [3.63, 3.8) is 0 Å². The number of likely N-dealkylation sites (tertiary alicyclic amines) is 1. The SMILES string of the molecule is COC1CN(C(=O)c2ccccc2C#CCO)CC1OC. The second kappa shape index (κ2) is 7.23. The zero-order valence-electron chi connectivity index (χ0n) is 12.2. The van der Waals surface area contributed by atoms with Gasteiger partial charge in [-0.1, -0.05) is 24.0 Å². The van der Waals surface area contributed by atoms with Gasteiger partial charge in [0.2, 0.25) is 0 Å². The van der Waals surface area contributed by atoms with E-state index in [2.05, 4.69) is 11.8 Å². The summed E-state index contributed by atoms with van der Waals surface area (Å²) in [6, 6.07) is 7.13. The molecule has 0 aromatic heterocycles. The van der Waals surface area contributed by atoms with E-state index >= 15 is 0 Å². The maximum Gasteiger partial charge on any atom is 0.255 e. The second-order valence-corrected chi connectivity index (χ2v) is 4.76. The third-order valence-corrected chi connectivity index (χ3v) is 3.57. The highest BCUT2D eigenvalue weighted by Crippen LogP contribution is 2.19. The van der Waals surface area contributed by atoms with Crippen molar-refractivity contribution in [1.82, 2.24) is 4.90 Å². The molecule has 1 aromatic rings. The number of hydrogen-bond donors (Lipinski definition) is 1. The molecule has 1 N–H and O–H groups in total. The first kappa shape index (κ1) is 15.5. The first-order chi connectivity index (χ1) is 10.2. The van der Waals surface area contributed by atoms with E-state index in [0.29, 0.717) is 24.2 Å². The smallest absolute Gasteiger partial charge is 0.255 e. The van der Waals surface area contributed by atoms with E-state index in [4.69, 9.17) is 14.6 Å². The van der Waals surface area contributed by atoms with E-state index in [-0.39, 0.29) is 24.7 Å². The number of carbonyl (C=O) groups excluding carboxylic acids is 1. The topological polar surface area (TPSA) is 59.0 Å². The number of carbonyl (C=O) groups is 1. The molecule has 2 atom stereocenters.